The summed E-state index contributed by atoms with van der Waals surface area (Å²) in [5, 5.41) is 68.9. The third-order valence-electron chi connectivity index (χ3n) is 5.25. The maximum absolute atomic E-state index is 12.0. The first kappa shape index (κ1) is 24.3. The standard InChI is InChI=1S/C17H30O12/c1-3-7(2)15(24)28-14-11(21)9(29-17(14,25)6-19)5-26-16-13(23)12(22)10(20)8(4-18)27-16/h7-14,16,18-23,25H,3-6H2,1-2H3/t7?,8-,9-,10-,11-,12+,13-,14+,16+,17-/m1/s1. The molecule has 2 saturated heterocycles. The summed E-state index contributed by atoms with van der Waals surface area (Å²) in [6.45, 7) is 1.24. The van der Waals surface area contributed by atoms with Crippen molar-refractivity contribution in [3.05, 3.63) is 0 Å². The Bertz CT molecular complexity index is 545. The molecule has 0 aromatic rings. The van der Waals surface area contributed by atoms with E-state index in [0.717, 1.165) is 0 Å². The number of hydrogen-bond donors (Lipinski definition) is 7. The van der Waals surface area contributed by atoms with E-state index in [-0.39, 0.29) is 0 Å². The Labute approximate surface area is 167 Å². The molecule has 0 bridgehead atoms. The van der Waals surface area contributed by atoms with Gasteiger partial charge < -0.3 is 54.7 Å². The molecule has 0 aliphatic carbocycles. The summed E-state index contributed by atoms with van der Waals surface area (Å²) in [5.74, 6) is -3.57. The number of carbonyl (C=O) groups excluding carboxylic acids is 1. The Balaban J connectivity index is 2.03. The Kier molecular flexibility index (Phi) is 8.32. The van der Waals surface area contributed by atoms with Gasteiger partial charge in [-0.1, -0.05) is 13.8 Å². The molecule has 2 aliphatic rings. The van der Waals surface area contributed by atoms with E-state index >= 15 is 0 Å². The molecule has 7 N–H and O–H groups in total. The monoisotopic (exact) mass is 426 g/mol. The quantitative estimate of drug-likeness (QED) is 0.187. The number of ether oxygens (including phenoxy) is 4. The minimum atomic E-state index is -2.37. The predicted octanol–water partition coefficient (Wildman–Crippen LogP) is -3.80. The lowest BCUT2D eigenvalue weighted by Gasteiger charge is -2.39. The van der Waals surface area contributed by atoms with Crippen molar-refractivity contribution < 1.29 is 59.5 Å². The van der Waals surface area contributed by atoms with Gasteiger partial charge in [0.1, 0.15) is 43.2 Å². The molecule has 10 atom stereocenters. The number of rotatable bonds is 8. The number of carbonyl (C=O) groups is 1. The molecule has 2 heterocycles. The maximum atomic E-state index is 12.0. The molecule has 0 aromatic heterocycles. The van der Waals surface area contributed by atoms with E-state index in [2.05, 4.69) is 0 Å². The summed E-state index contributed by atoms with van der Waals surface area (Å²) in [4.78, 5) is 12.0. The van der Waals surface area contributed by atoms with Gasteiger partial charge in [-0.3, -0.25) is 4.79 Å². The third kappa shape index (κ3) is 5.05. The Morgan fingerprint density at radius 1 is 1.07 bits per heavy atom. The van der Waals surface area contributed by atoms with Crippen LogP contribution in [0.1, 0.15) is 20.3 Å². The molecule has 12 nitrogen and oxygen atoms in total. The first-order valence-electron chi connectivity index (χ1n) is 9.41. The summed E-state index contributed by atoms with van der Waals surface area (Å²) in [6, 6.07) is 0. The molecule has 0 spiro atoms. The van der Waals surface area contributed by atoms with Gasteiger partial charge in [-0.25, -0.2) is 0 Å². The van der Waals surface area contributed by atoms with Gasteiger partial charge in [0.15, 0.2) is 12.4 Å². The zero-order valence-electron chi connectivity index (χ0n) is 16.2. The number of aliphatic hydroxyl groups excluding tert-OH is 6. The van der Waals surface area contributed by atoms with E-state index < -0.39 is 86.5 Å². The van der Waals surface area contributed by atoms with Crippen LogP contribution in [-0.2, 0) is 23.7 Å². The van der Waals surface area contributed by atoms with Crippen molar-refractivity contribution in [3.63, 3.8) is 0 Å². The summed E-state index contributed by atoms with van der Waals surface area (Å²) >= 11 is 0. The van der Waals surface area contributed by atoms with Crippen molar-refractivity contribution in [2.24, 2.45) is 5.92 Å². The van der Waals surface area contributed by atoms with Gasteiger partial charge in [0.2, 0.25) is 5.79 Å². The summed E-state index contributed by atoms with van der Waals surface area (Å²) in [5.41, 5.74) is 0. The fourth-order valence-electron chi connectivity index (χ4n) is 3.09. The van der Waals surface area contributed by atoms with Crippen molar-refractivity contribution in [2.45, 2.75) is 75.1 Å². The highest BCUT2D eigenvalue weighted by Gasteiger charge is 2.57. The van der Waals surface area contributed by atoms with E-state index in [0.29, 0.717) is 6.42 Å². The van der Waals surface area contributed by atoms with Crippen molar-refractivity contribution in [1.82, 2.24) is 0 Å². The van der Waals surface area contributed by atoms with Crippen LogP contribution < -0.4 is 0 Å². The van der Waals surface area contributed by atoms with Crippen LogP contribution in [0.5, 0.6) is 0 Å². The molecule has 2 fully saturated rings. The second kappa shape index (κ2) is 9.92. The summed E-state index contributed by atoms with van der Waals surface area (Å²) in [6.07, 6.45) is -11.5. The minimum Gasteiger partial charge on any atom is -0.453 e. The molecule has 12 heteroatoms. The van der Waals surface area contributed by atoms with Crippen LogP contribution in [0.3, 0.4) is 0 Å². The van der Waals surface area contributed by atoms with Gasteiger partial charge in [-0.15, -0.1) is 0 Å². The van der Waals surface area contributed by atoms with E-state index in [1.807, 2.05) is 0 Å². The van der Waals surface area contributed by atoms with Gasteiger partial charge in [-0.2, -0.15) is 0 Å². The highest BCUT2D eigenvalue weighted by molar-refractivity contribution is 5.72. The van der Waals surface area contributed by atoms with Gasteiger partial charge >= 0.3 is 5.97 Å². The van der Waals surface area contributed by atoms with E-state index in [1.54, 1.807) is 13.8 Å². The Morgan fingerprint density at radius 2 is 1.72 bits per heavy atom. The van der Waals surface area contributed by atoms with Gasteiger partial charge in [0, 0.05) is 0 Å². The zero-order chi connectivity index (χ0) is 21.9. The molecule has 2 rings (SSSR count). The first-order valence-corrected chi connectivity index (χ1v) is 9.41. The zero-order valence-corrected chi connectivity index (χ0v) is 16.2. The lowest BCUT2D eigenvalue weighted by atomic mass is 9.99. The molecule has 0 aromatic carbocycles. The van der Waals surface area contributed by atoms with E-state index in [1.165, 1.54) is 0 Å². The van der Waals surface area contributed by atoms with Crippen molar-refractivity contribution in [1.29, 1.82) is 0 Å². The van der Waals surface area contributed by atoms with Gasteiger partial charge in [-0.05, 0) is 6.42 Å². The number of hydrogen-bond acceptors (Lipinski definition) is 12. The fourth-order valence-corrected chi connectivity index (χ4v) is 3.09. The van der Waals surface area contributed by atoms with Gasteiger partial charge in [0.05, 0.1) is 19.1 Å². The van der Waals surface area contributed by atoms with Crippen LogP contribution in [0, 0.1) is 5.92 Å². The molecular weight excluding hydrogens is 396 g/mol. The third-order valence-corrected chi connectivity index (χ3v) is 5.25. The smallest absolute Gasteiger partial charge is 0.309 e. The molecule has 2 aliphatic heterocycles. The number of esters is 1. The highest BCUT2D eigenvalue weighted by atomic mass is 16.7. The molecule has 0 amide bonds. The molecule has 1 unspecified atom stereocenters. The van der Waals surface area contributed by atoms with E-state index in [9.17, 15) is 40.5 Å². The maximum Gasteiger partial charge on any atom is 0.309 e. The van der Waals surface area contributed by atoms with Crippen LogP contribution in [-0.4, -0.2) is 116 Å². The minimum absolute atomic E-state index is 0.462. The molecule has 29 heavy (non-hydrogen) atoms. The summed E-state index contributed by atoms with van der Waals surface area (Å²) in [7, 11) is 0. The van der Waals surface area contributed by atoms with Crippen molar-refractivity contribution >= 4 is 5.97 Å². The first-order chi connectivity index (χ1) is 13.6. The molecule has 0 radical (unpaired) electrons. The lowest BCUT2D eigenvalue weighted by molar-refractivity contribution is -0.310. The molecular formula is C17H30O12. The SMILES string of the molecule is CCC(C)C(=O)O[C@H]1[C@H](O)[C@@H](CO[C@H]2O[C@H](CO)[C@@H](O)[C@H](O)[C@H]2O)O[C@]1(O)CO. The Hall–Kier alpha value is -0.930. The average Bonchev–Trinajstić information content (AvgIpc) is 2.95. The van der Waals surface area contributed by atoms with Gasteiger partial charge in [0.25, 0.3) is 0 Å². The lowest BCUT2D eigenvalue weighted by Crippen LogP contribution is -2.59. The normalized spacial score (nSPS) is 43.9. The van der Waals surface area contributed by atoms with E-state index in [4.69, 9.17) is 18.9 Å². The average molecular weight is 426 g/mol. The topological polar surface area (TPSA) is 196 Å². The van der Waals surface area contributed by atoms with Crippen LogP contribution in [0.4, 0.5) is 0 Å². The highest BCUT2D eigenvalue weighted by Crippen LogP contribution is 2.33. The molecule has 0 saturated carbocycles. The van der Waals surface area contributed by atoms with Crippen LogP contribution in [0.15, 0.2) is 0 Å². The Morgan fingerprint density at radius 3 is 2.28 bits per heavy atom. The second-order valence-electron chi connectivity index (χ2n) is 7.35. The molecule has 170 valence electrons. The largest absolute Gasteiger partial charge is 0.453 e. The van der Waals surface area contributed by atoms with Crippen LogP contribution in [0.25, 0.3) is 0 Å². The summed E-state index contributed by atoms with van der Waals surface area (Å²) < 4.78 is 20.8. The second-order valence-corrected chi connectivity index (χ2v) is 7.35. The predicted molar refractivity (Wildman–Crippen MR) is 92.0 cm³/mol. The van der Waals surface area contributed by atoms with Crippen molar-refractivity contribution in [2.75, 3.05) is 19.8 Å². The van der Waals surface area contributed by atoms with Crippen LogP contribution >= 0.6 is 0 Å². The van der Waals surface area contributed by atoms with Crippen LogP contribution in [0.2, 0.25) is 0 Å². The number of aliphatic hydroxyl groups is 7. The fraction of sp³-hybridized carbons (Fsp3) is 0.941. The van der Waals surface area contributed by atoms with Crippen molar-refractivity contribution in [3.8, 4) is 0 Å².